The van der Waals surface area contributed by atoms with Crippen LogP contribution in [-0.4, -0.2) is 39.4 Å². The summed E-state index contributed by atoms with van der Waals surface area (Å²) < 4.78 is 10.2. The van der Waals surface area contributed by atoms with Gasteiger partial charge in [0.25, 0.3) is 0 Å². The number of nitrogens with one attached hydrogen (secondary N) is 1. The Bertz CT molecular complexity index is 490. The zero-order chi connectivity index (χ0) is 16.4. The van der Waals surface area contributed by atoms with Crippen molar-refractivity contribution in [2.75, 3.05) is 33.5 Å². The van der Waals surface area contributed by atoms with E-state index in [9.17, 15) is 0 Å². The lowest BCUT2D eigenvalue weighted by molar-refractivity contribution is 0.0702. The van der Waals surface area contributed by atoms with Crippen LogP contribution in [0.1, 0.15) is 24.9 Å². The Hall–Kier alpha value is -0.280. The molecule has 0 fully saturated rings. The number of guanidine groups is 1. The highest BCUT2D eigenvalue weighted by Gasteiger charge is 2.10. The summed E-state index contributed by atoms with van der Waals surface area (Å²) >= 11 is 12.0. The van der Waals surface area contributed by atoms with Crippen molar-refractivity contribution in [3.05, 3.63) is 33.8 Å². The van der Waals surface area contributed by atoms with Crippen LogP contribution < -0.4 is 11.1 Å². The molecule has 0 saturated heterocycles. The molecule has 0 amide bonds. The van der Waals surface area contributed by atoms with E-state index < -0.39 is 0 Å². The number of hydrogen-bond donors (Lipinski definition) is 2. The van der Waals surface area contributed by atoms with Crippen LogP contribution in [0.25, 0.3) is 0 Å². The molecule has 132 valence electrons. The van der Waals surface area contributed by atoms with Crippen molar-refractivity contribution < 1.29 is 9.47 Å². The average Bonchev–Trinajstić information content (AvgIpc) is 2.46. The third-order valence-electron chi connectivity index (χ3n) is 2.95. The molecule has 0 bridgehead atoms. The van der Waals surface area contributed by atoms with Crippen LogP contribution in [0.4, 0.5) is 0 Å². The predicted molar refractivity (Wildman–Crippen MR) is 107 cm³/mol. The van der Waals surface area contributed by atoms with E-state index >= 15 is 0 Å². The molecule has 1 atom stereocenters. The summed E-state index contributed by atoms with van der Waals surface area (Å²) in [5, 5.41) is 4.32. The van der Waals surface area contributed by atoms with Gasteiger partial charge < -0.3 is 20.5 Å². The number of methoxy groups -OCH3 is 1. The third-order valence-corrected chi connectivity index (χ3v) is 3.52. The number of aliphatic imine (C=N–C) groups is 1. The highest BCUT2D eigenvalue weighted by atomic mass is 127. The fourth-order valence-electron chi connectivity index (χ4n) is 1.81. The van der Waals surface area contributed by atoms with E-state index in [4.69, 9.17) is 38.4 Å². The summed E-state index contributed by atoms with van der Waals surface area (Å²) in [5.41, 5.74) is 6.79. The second-order valence-electron chi connectivity index (χ2n) is 4.76. The fourth-order valence-corrected chi connectivity index (χ4v) is 2.38. The van der Waals surface area contributed by atoms with E-state index in [1.165, 1.54) is 0 Å². The Morgan fingerprint density at radius 3 is 2.70 bits per heavy atom. The van der Waals surface area contributed by atoms with Crippen LogP contribution in [0.5, 0.6) is 0 Å². The Balaban J connectivity index is 0.00000484. The first-order valence-electron chi connectivity index (χ1n) is 7.12. The maximum atomic E-state index is 6.16. The van der Waals surface area contributed by atoms with Crippen molar-refractivity contribution in [2.24, 2.45) is 10.7 Å². The molecule has 0 aliphatic rings. The summed E-state index contributed by atoms with van der Waals surface area (Å²) in [6, 6.07) is 5.33. The van der Waals surface area contributed by atoms with Gasteiger partial charge in [0.2, 0.25) is 0 Å². The number of hydrogen-bond acceptors (Lipinski definition) is 3. The first-order valence-corrected chi connectivity index (χ1v) is 7.88. The van der Waals surface area contributed by atoms with E-state index in [-0.39, 0.29) is 30.0 Å². The molecule has 23 heavy (non-hydrogen) atoms. The Labute approximate surface area is 164 Å². The summed E-state index contributed by atoms with van der Waals surface area (Å²) in [6.07, 6.45) is 0.808. The minimum absolute atomic E-state index is 0. The summed E-state index contributed by atoms with van der Waals surface area (Å²) in [6.45, 7) is 4.41. The number of ether oxygens (including phenoxy) is 2. The van der Waals surface area contributed by atoms with E-state index in [0.29, 0.717) is 42.4 Å². The predicted octanol–water partition coefficient (Wildman–Crippen LogP) is 3.63. The van der Waals surface area contributed by atoms with Gasteiger partial charge >= 0.3 is 0 Å². The molecule has 1 unspecified atom stereocenters. The monoisotopic (exact) mass is 475 g/mol. The van der Waals surface area contributed by atoms with Crippen molar-refractivity contribution in [3.63, 3.8) is 0 Å². The maximum absolute atomic E-state index is 6.16. The van der Waals surface area contributed by atoms with Crippen molar-refractivity contribution in [1.29, 1.82) is 0 Å². The van der Waals surface area contributed by atoms with E-state index in [1.54, 1.807) is 19.2 Å². The van der Waals surface area contributed by atoms with E-state index in [0.717, 1.165) is 12.0 Å². The van der Waals surface area contributed by atoms with Crippen molar-refractivity contribution >= 4 is 53.1 Å². The molecule has 0 spiro atoms. The first kappa shape index (κ1) is 22.7. The van der Waals surface area contributed by atoms with Gasteiger partial charge in [0.05, 0.1) is 19.3 Å². The van der Waals surface area contributed by atoms with Gasteiger partial charge in [-0.3, -0.25) is 4.99 Å². The minimum atomic E-state index is -0.0496. The quantitative estimate of drug-likeness (QED) is 0.247. The van der Waals surface area contributed by atoms with Gasteiger partial charge in [-0.2, -0.15) is 0 Å². The van der Waals surface area contributed by atoms with Crippen LogP contribution in [0.15, 0.2) is 23.2 Å². The van der Waals surface area contributed by atoms with Gasteiger partial charge in [-0.1, -0.05) is 29.3 Å². The molecule has 1 aromatic carbocycles. The van der Waals surface area contributed by atoms with E-state index in [1.807, 2.05) is 13.0 Å². The van der Waals surface area contributed by atoms with Crippen molar-refractivity contribution in [2.45, 2.75) is 19.4 Å². The van der Waals surface area contributed by atoms with Gasteiger partial charge in [0.15, 0.2) is 5.96 Å². The van der Waals surface area contributed by atoms with Crippen molar-refractivity contribution in [3.8, 4) is 0 Å². The van der Waals surface area contributed by atoms with Gasteiger partial charge in [-0.15, -0.1) is 24.0 Å². The Morgan fingerprint density at radius 1 is 1.30 bits per heavy atom. The second kappa shape index (κ2) is 13.1. The minimum Gasteiger partial charge on any atom is -0.382 e. The fraction of sp³-hybridized carbons (Fsp3) is 0.533. The Kier molecular flexibility index (Phi) is 12.9. The van der Waals surface area contributed by atoms with E-state index in [2.05, 4.69) is 10.3 Å². The largest absolute Gasteiger partial charge is 0.382 e. The molecule has 8 heteroatoms. The van der Waals surface area contributed by atoms with Gasteiger partial charge in [0, 0.05) is 30.3 Å². The third kappa shape index (κ3) is 9.56. The van der Waals surface area contributed by atoms with Gasteiger partial charge in [-0.25, -0.2) is 0 Å². The SMILES string of the molecule is COCCOCCCN=C(N)NC(C)c1ccc(Cl)cc1Cl.I. The number of nitrogens with two attached hydrogens (primary N) is 1. The molecule has 0 radical (unpaired) electrons. The van der Waals surface area contributed by atoms with Crippen LogP contribution >= 0.6 is 47.2 Å². The molecule has 5 nitrogen and oxygen atoms in total. The normalized spacial score (nSPS) is 12.6. The molecular weight excluding hydrogens is 452 g/mol. The lowest BCUT2D eigenvalue weighted by atomic mass is 10.1. The standard InChI is InChI=1S/C15H23Cl2N3O2.HI/c1-11(13-5-4-12(16)10-14(13)17)20-15(18)19-6-3-7-22-9-8-21-2;/h4-5,10-11H,3,6-9H2,1-2H3,(H3,18,19,20);1H. The van der Waals surface area contributed by atoms with Crippen LogP contribution in [0.2, 0.25) is 10.0 Å². The molecular formula is C15H24Cl2IN3O2. The second-order valence-corrected chi connectivity index (χ2v) is 5.60. The number of nitrogens with zero attached hydrogens (tertiary/aromatic N) is 1. The average molecular weight is 476 g/mol. The summed E-state index contributed by atoms with van der Waals surface area (Å²) in [7, 11) is 1.65. The first-order chi connectivity index (χ1) is 10.5. The number of benzene rings is 1. The molecule has 0 heterocycles. The van der Waals surface area contributed by atoms with Gasteiger partial charge in [-0.05, 0) is 31.0 Å². The molecule has 0 saturated carbocycles. The number of halogens is 3. The number of rotatable bonds is 9. The van der Waals surface area contributed by atoms with Crippen molar-refractivity contribution in [1.82, 2.24) is 5.32 Å². The highest BCUT2D eigenvalue weighted by Crippen LogP contribution is 2.25. The Morgan fingerprint density at radius 2 is 2.04 bits per heavy atom. The molecule has 0 aliphatic heterocycles. The zero-order valence-electron chi connectivity index (χ0n) is 13.4. The molecule has 3 N–H and O–H groups in total. The lowest BCUT2D eigenvalue weighted by Gasteiger charge is -2.16. The molecule has 0 aliphatic carbocycles. The van der Waals surface area contributed by atoms with Crippen LogP contribution in [0.3, 0.4) is 0 Å². The highest BCUT2D eigenvalue weighted by molar-refractivity contribution is 14.0. The van der Waals surface area contributed by atoms with Crippen LogP contribution in [0, 0.1) is 0 Å². The molecule has 0 aromatic heterocycles. The molecule has 1 rings (SSSR count). The zero-order valence-corrected chi connectivity index (χ0v) is 17.2. The maximum Gasteiger partial charge on any atom is 0.189 e. The topological polar surface area (TPSA) is 68.9 Å². The summed E-state index contributed by atoms with van der Waals surface area (Å²) in [4.78, 5) is 4.26. The smallest absolute Gasteiger partial charge is 0.189 e. The van der Waals surface area contributed by atoms with Gasteiger partial charge in [0.1, 0.15) is 0 Å². The lowest BCUT2D eigenvalue weighted by Crippen LogP contribution is -2.34. The van der Waals surface area contributed by atoms with Crippen LogP contribution in [-0.2, 0) is 9.47 Å². The summed E-state index contributed by atoms with van der Waals surface area (Å²) in [5.74, 6) is 0.385. The molecule has 1 aromatic rings.